The SMILES string of the molecule is O=C(O)C(Nc1ccc(Cl)cc1)c1cccs1. The van der Waals surface area contributed by atoms with Crippen LogP contribution in [0.3, 0.4) is 0 Å². The molecule has 1 aromatic heterocycles. The molecule has 0 radical (unpaired) electrons. The molecule has 1 heterocycles. The number of anilines is 1. The van der Waals surface area contributed by atoms with Gasteiger partial charge in [-0.1, -0.05) is 17.7 Å². The number of hydrogen-bond donors (Lipinski definition) is 2. The number of carboxylic acids is 1. The second kappa shape index (κ2) is 5.21. The van der Waals surface area contributed by atoms with E-state index in [1.54, 1.807) is 30.3 Å². The van der Waals surface area contributed by atoms with Gasteiger partial charge in [0.2, 0.25) is 0 Å². The molecule has 0 aliphatic rings. The first-order valence-corrected chi connectivity index (χ1v) is 6.21. The molecular formula is C12H10ClNO2S. The Bertz CT molecular complexity index is 496. The topological polar surface area (TPSA) is 49.3 Å². The fraction of sp³-hybridized carbons (Fsp3) is 0.0833. The molecule has 1 aromatic carbocycles. The Labute approximate surface area is 108 Å². The molecule has 2 N–H and O–H groups in total. The van der Waals surface area contributed by atoms with E-state index in [2.05, 4.69) is 5.32 Å². The van der Waals surface area contributed by atoms with Crippen LogP contribution in [0.2, 0.25) is 5.02 Å². The van der Waals surface area contributed by atoms with Crippen molar-refractivity contribution in [2.75, 3.05) is 5.32 Å². The summed E-state index contributed by atoms with van der Waals surface area (Å²) in [4.78, 5) is 12.0. The summed E-state index contributed by atoms with van der Waals surface area (Å²) < 4.78 is 0. The standard InChI is InChI=1S/C12H10ClNO2S/c13-8-3-5-9(6-4-8)14-11(12(15)16)10-2-1-7-17-10/h1-7,11,14H,(H,15,16). The molecule has 3 nitrogen and oxygen atoms in total. The van der Waals surface area contributed by atoms with E-state index in [0.717, 1.165) is 10.6 Å². The predicted molar refractivity (Wildman–Crippen MR) is 69.8 cm³/mol. The van der Waals surface area contributed by atoms with E-state index in [1.165, 1.54) is 11.3 Å². The number of carbonyl (C=O) groups is 1. The molecule has 0 amide bonds. The fourth-order valence-corrected chi connectivity index (χ4v) is 2.32. The second-order valence-corrected chi connectivity index (χ2v) is 4.85. The molecule has 0 saturated carbocycles. The summed E-state index contributed by atoms with van der Waals surface area (Å²) in [6, 6.07) is 9.86. The summed E-state index contributed by atoms with van der Waals surface area (Å²) in [7, 11) is 0. The van der Waals surface area contributed by atoms with Gasteiger partial charge in [0.05, 0.1) is 0 Å². The van der Waals surface area contributed by atoms with Crippen LogP contribution in [0.1, 0.15) is 10.9 Å². The van der Waals surface area contributed by atoms with Crippen molar-refractivity contribution in [1.29, 1.82) is 0 Å². The van der Waals surface area contributed by atoms with E-state index in [1.807, 2.05) is 11.4 Å². The van der Waals surface area contributed by atoms with Gasteiger partial charge in [-0.3, -0.25) is 0 Å². The van der Waals surface area contributed by atoms with E-state index < -0.39 is 12.0 Å². The normalized spacial score (nSPS) is 12.1. The Balaban J connectivity index is 2.19. The van der Waals surface area contributed by atoms with Gasteiger partial charge in [0.1, 0.15) is 0 Å². The third-order valence-corrected chi connectivity index (χ3v) is 3.42. The maximum Gasteiger partial charge on any atom is 0.331 e. The number of carboxylic acid groups (broad SMARTS) is 1. The van der Waals surface area contributed by atoms with Crippen LogP contribution in [-0.4, -0.2) is 11.1 Å². The van der Waals surface area contributed by atoms with Crippen LogP contribution in [0.5, 0.6) is 0 Å². The van der Waals surface area contributed by atoms with Gasteiger partial charge < -0.3 is 10.4 Å². The average Bonchev–Trinajstić information content (AvgIpc) is 2.81. The van der Waals surface area contributed by atoms with Gasteiger partial charge in [0, 0.05) is 15.6 Å². The first-order valence-electron chi connectivity index (χ1n) is 4.95. The van der Waals surface area contributed by atoms with Gasteiger partial charge in [0.25, 0.3) is 0 Å². The molecular weight excluding hydrogens is 258 g/mol. The van der Waals surface area contributed by atoms with E-state index in [0.29, 0.717) is 5.02 Å². The molecule has 2 rings (SSSR count). The van der Waals surface area contributed by atoms with Crippen LogP contribution in [0.4, 0.5) is 5.69 Å². The molecule has 17 heavy (non-hydrogen) atoms. The Morgan fingerprint density at radius 1 is 1.29 bits per heavy atom. The zero-order valence-corrected chi connectivity index (χ0v) is 10.3. The quantitative estimate of drug-likeness (QED) is 0.889. The lowest BCUT2D eigenvalue weighted by atomic mass is 10.2. The number of nitrogens with one attached hydrogen (secondary N) is 1. The van der Waals surface area contributed by atoms with Gasteiger partial charge in [-0.05, 0) is 35.7 Å². The fourth-order valence-electron chi connectivity index (χ4n) is 1.42. The van der Waals surface area contributed by atoms with E-state index in [9.17, 15) is 9.90 Å². The van der Waals surface area contributed by atoms with Crippen LogP contribution in [-0.2, 0) is 4.79 Å². The summed E-state index contributed by atoms with van der Waals surface area (Å²) in [5.41, 5.74) is 0.732. The largest absolute Gasteiger partial charge is 0.479 e. The van der Waals surface area contributed by atoms with Crippen LogP contribution >= 0.6 is 22.9 Å². The van der Waals surface area contributed by atoms with Crippen molar-refractivity contribution >= 4 is 34.6 Å². The van der Waals surface area contributed by atoms with Crippen molar-refractivity contribution < 1.29 is 9.90 Å². The molecule has 5 heteroatoms. The second-order valence-electron chi connectivity index (χ2n) is 3.44. The molecule has 0 aliphatic heterocycles. The maximum absolute atomic E-state index is 11.2. The Hall–Kier alpha value is -1.52. The van der Waals surface area contributed by atoms with Crippen molar-refractivity contribution in [1.82, 2.24) is 0 Å². The monoisotopic (exact) mass is 267 g/mol. The van der Waals surface area contributed by atoms with Crippen molar-refractivity contribution in [2.45, 2.75) is 6.04 Å². The van der Waals surface area contributed by atoms with Crippen molar-refractivity contribution in [3.05, 3.63) is 51.7 Å². The van der Waals surface area contributed by atoms with Crippen molar-refractivity contribution in [2.24, 2.45) is 0 Å². The number of thiophene rings is 1. The number of benzene rings is 1. The van der Waals surface area contributed by atoms with Crippen LogP contribution in [0.25, 0.3) is 0 Å². The predicted octanol–water partition coefficient (Wildman–Crippen LogP) is 3.64. The highest BCUT2D eigenvalue weighted by Gasteiger charge is 2.20. The number of halogens is 1. The average molecular weight is 268 g/mol. The first kappa shape index (κ1) is 12.0. The Morgan fingerprint density at radius 3 is 2.53 bits per heavy atom. The van der Waals surface area contributed by atoms with Gasteiger partial charge in [0.15, 0.2) is 6.04 Å². The lowest BCUT2D eigenvalue weighted by molar-refractivity contribution is -0.138. The van der Waals surface area contributed by atoms with E-state index in [4.69, 9.17) is 11.6 Å². The van der Waals surface area contributed by atoms with Gasteiger partial charge in [-0.25, -0.2) is 4.79 Å². The summed E-state index contributed by atoms with van der Waals surface area (Å²) >= 11 is 7.18. The molecule has 0 saturated heterocycles. The summed E-state index contributed by atoms with van der Waals surface area (Å²) in [5, 5.41) is 14.6. The minimum absolute atomic E-state index is 0.624. The molecule has 88 valence electrons. The molecule has 0 spiro atoms. The van der Waals surface area contributed by atoms with Gasteiger partial charge in [-0.2, -0.15) is 0 Å². The highest BCUT2D eigenvalue weighted by molar-refractivity contribution is 7.10. The highest BCUT2D eigenvalue weighted by atomic mass is 35.5. The third-order valence-electron chi connectivity index (χ3n) is 2.23. The van der Waals surface area contributed by atoms with E-state index in [-0.39, 0.29) is 0 Å². The van der Waals surface area contributed by atoms with Crippen LogP contribution in [0.15, 0.2) is 41.8 Å². The summed E-state index contributed by atoms with van der Waals surface area (Å²) in [6.07, 6.45) is 0. The summed E-state index contributed by atoms with van der Waals surface area (Å²) in [5.74, 6) is -0.901. The lowest BCUT2D eigenvalue weighted by Gasteiger charge is -2.14. The number of hydrogen-bond acceptors (Lipinski definition) is 3. The number of aliphatic carboxylic acids is 1. The highest BCUT2D eigenvalue weighted by Crippen LogP contribution is 2.24. The van der Waals surface area contributed by atoms with Crippen LogP contribution < -0.4 is 5.32 Å². The Kier molecular flexibility index (Phi) is 3.66. The molecule has 0 fully saturated rings. The molecule has 0 aliphatic carbocycles. The van der Waals surface area contributed by atoms with Crippen LogP contribution in [0, 0.1) is 0 Å². The third kappa shape index (κ3) is 2.99. The molecule has 0 bridgehead atoms. The molecule has 2 aromatic rings. The number of rotatable bonds is 4. The van der Waals surface area contributed by atoms with Gasteiger partial charge in [-0.15, -0.1) is 11.3 Å². The zero-order valence-electron chi connectivity index (χ0n) is 8.76. The van der Waals surface area contributed by atoms with Crippen molar-refractivity contribution in [3.8, 4) is 0 Å². The Morgan fingerprint density at radius 2 is 2.00 bits per heavy atom. The maximum atomic E-state index is 11.2. The smallest absolute Gasteiger partial charge is 0.331 e. The molecule has 1 unspecified atom stereocenters. The summed E-state index contributed by atoms with van der Waals surface area (Å²) in [6.45, 7) is 0. The lowest BCUT2D eigenvalue weighted by Crippen LogP contribution is -2.19. The van der Waals surface area contributed by atoms with Crippen molar-refractivity contribution in [3.63, 3.8) is 0 Å². The minimum Gasteiger partial charge on any atom is -0.479 e. The van der Waals surface area contributed by atoms with Gasteiger partial charge >= 0.3 is 5.97 Å². The molecule has 1 atom stereocenters. The minimum atomic E-state index is -0.901. The van der Waals surface area contributed by atoms with E-state index >= 15 is 0 Å². The first-order chi connectivity index (χ1) is 8.16. The zero-order chi connectivity index (χ0) is 12.3.